The van der Waals surface area contributed by atoms with Gasteiger partial charge in [-0.05, 0) is 36.4 Å². The van der Waals surface area contributed by atoms with Crippen molar-refractivity contribution in [2.75, 3.05) is 40.4 Å². The summed E-state index contributed by atoms with van der Waals surface area (Å²) in [5, 5.41) is 0. The number of hydrogen-bond acceptors (Lipinski definition) is 6. The highest BCUT2D eigenvalue weighted by Gasteiger charge is 2.29. The van der Waals surface area contributed by atoms with Crippen LogP contribution in [0.2, 0.25) is 0 Å². The standard InChI is InChI=1S/C26H25N3O4/c1-31-21-11-5-3-8-18(21)26(30)29-16-14-28(15-17-29)25-19-9-7-13-23(32-2)24(19)33-22-12-6-4-10-20(22)27-25/h3-13H,14-17H2,1-2H3. The van der Waals surface area contributed by atoms with Crippen LogP contribution in [0.1, 0.15) is 15.9 Å². The predicted molar refractivity (Wildman–Crippen MR) is 126 cm³/mol. The lowest BCUT2D eigenvalue weighted by Crippen LogP contribution is -2.50. The zero-order chi connectivity index (χ0) is 22.8. The van der Waals surface area contributed by atoms with Crippen LogP contribution < -0.4 is 14.2 Å². The Morgan fingerprint density at radius 2 is 1.55 bits per heavy atom. The first kappa shape index (κ1) is 20.9. The highest BCUT2D eigenvalue weighted by molar-refractivity contribution is 6.04. The molecule has 33 heavy (non-hydrogen) atoms. The number of para-hydroxylation sites is 4. The first-order valence-corrected chi connectivity index (χ1v) is 10.9. The van der Waals surface area contributed by atoms with Crippen molar-refractivity contribution < 1.29 is 19.0 Å². The summed E-state index contributed by atoms with van der Waals surface area (Å²) in [5.74, 6) is 3.37. The topological polar surface area (TPSA) is 63.6 Å². The lowest BCUT2D eigenvalue weighted by atomic mass is 10.1. The molecule has 1 amide bonds. The number of carbonyl (C=O) groups is 1. The summed E-state index contributed by atoms with van der Waals surface area (Å²) < 4.78 is 17.2. The molecule has 0 saturated carbocycles. The third-order valence-corrected chi connectivity index (χ3v) is 5.95. The Labute approximate surface area is 192 Å². The van der Waals surface area contributed by atoms with Crippen LogP contribution in [-0.4, -0.2) is 61.9 Å². The predicted octanol–water partition coefficient (Wildman–Crippen LogP) is 4.35. The van der Waals surface area contributed by atoms with Crippen LogP contribution in [0.3, 0.4) is 0 Å². The summed E-state index contributed by atoms with van der Waals surface area (Å²) in [5.41, 5.74) is 2.21. The van der Waals surface area contributed by atoms with E-state index in [0.717, 1.165) is 17.1 Å². The highest BCUT2D eigenvalue weighted by atomic mass is 16.5. The van der Waals surface area contributed by atoms with Gasteiger partial charge in [-0.1, -0.05) is 30.3 Å². The quantitative estimate of drug-likeness (QED) is 0.602. The smallest absolute Gasteiger partial charge is 0.257 e. The van der Waals surface area contributed by atoms with Crippen LogP contribution in [0.4, 0.5) is 5.69 Å². The molecule has 0 aliphatic carbocycles. The van der Waals surface area contributed by atoms with Crippen molar-refractivity contribution in [3.63, 3.8) is 0 Å². The molecular formula is C26H25N3O4. The average Bonchev–Trinajstić information content (AvgIpc) is 3.05. The first-order chi connectivity index (χ1) is 16.2. The number of nitrogens with zero attached hydrogens (tertiary/aromatic N) is 3. The van der Waals surface area contributed by atoms with E-state index in [9.17, 15) is 4.79 Å². The molecule has 0 N–H and O–H groups in total. The summed E-state index contributed by atoms with van der Waals surface area (Å²) in [4.78, 5) is 22.2. The Kier molecular flexibility index (Phi) is 5.60. The number of aliphatic imine (C=N–C) groups is 1. The van der Waals surface area contributed by atoms with Crippen molar-refractivity contribution in [1.29, 1.82) is 0 Å². The van der Waals surface area contributed by atoms with E-state index >= 15 is 0 Å². The lowest BCUT2D eigenvalue weighted by molar-refractivity contribution is 0.0689. The van der Waals surface area contributed by atoms with Crippen LogP contribution in [0.25, 0.3) is 0 Å². The molecule has 1 saturated heterocycles. The number of amidine groups is 1. The van der Waals surface area contributed by atoms with Crippen LogP contribution in [0.5, 0.6) is 23.0 Å². The lowest BCUT2D eigenvalue weighted by Gasteiger charge is -2.36. The molecule has 2 aliphatic rings. The van der Waals surface area contributed by atoms with Crippen LogP contribution in [0, 0.1) is 0 Å². The van der Waals surface area contributed by atoms with E-state index in [1.165, 1.54) is 0 Å². The number of rotatable bonds is 3. The average molecular weight is 444 g/mol. The Balaban J connectivity index is 1.43. The number of piperazine rings is 1. The van der Waals surface area contributed by atoms with Crippen molar-refractivity contribution in [2.45, 2.75) is 0 Å². The van der Waals surface area contributed by atoms with Crippen molar-refractivity contribution in [3.8, 4) is 23.0 Å². The number of methoxy groups -OCH3 is 2. The van der Waals surface area contributed by atoms with Gasteiger partial charge in [-0.3, -0.25) is 4.79 Å². The van der Waals surface area contributed by atoms with E-state index in [4.69, 9.17) is 19.2 Å². The second-order valence-corrected chi connectivity index (χ2v) is 7.82. The van der Waals surface area contributed by atoms with Crippen LogP contribution in [-0.2, 0) is 0 Å². The fourth-order valence-corrected chi connectivity index (χ4v) is 4.23. The van der Waals surface area contributed by atoms with Gasteiger partial charge in [0.15, 0.2) is 17.2 Å². The third kappa shape index (κ3) is 3.86. The Morgan fingerprint density at radius 1 is 0.848 bits per heavy atom. The number of benzene rings is 3. The fourth-order valence-electron chi connectivity index (χ4n) is 4.23. The number of fused-ring (bicyclic) bond motifs is 2. The monoisotopic (exact) mass is 443 g/mol. The zero-order valence-corrected chi connectivity index (χ0v) is 18.7. The summed E-state index contributed by atoms with van der Waals surface area (Å²) in [6.45, 7) is 2.46. The summed E-state index contributed by atoms with van der Waals surface area (Å²) in [7, 11) is 3.22. The number of hydrogen-bond donors (Lipinski definition) is 0. The maximum Gasteiger partial charge on any atom is 0.257 e. The van der Waals surface area contributed by atoms with E-state index < -0.39 is 0 Å². The van der Waals surface area contributed by atoms with E-state index in [2.05, 4.69) is 4.90 Å². The molecule has 7 heteroatoms. The SMILES string of the molecule is COc1ccccc1C(=O)N1CCN(C2=Nc3ccccc3Oc3c(OC)cccc32)CC1. The molecule has 0 radical (unpaired) electrons. The minimum atomic E-state index is -0.0225. The molecule has 1 fully saturated rings. The molecule has 0 aromatic heterocycles. The Bertz CT molecular complexity index is 1220. The molecule has 7 nitrogen and oxygen atoms in total. The maximum atomic E-state index is 13.1. The summed E-state index contributed by atoms with van der Waals surface area (Å²) in [6, 6.07) is 20.9. The van der Waals surface area contributed by atoms with Crippen LogP contribution >= 0.6 is 0 Å². The van der Waals surface area contributed by atoms with Gasteiger partial charge in [0.05, 0.1) is 25.3 Å². The van der Waals surface area contributed by atoms with E-state index in [1.54, 1.807) is 20.3 Å². The molecule has 168 valence electrons. The van der Waals surface area contributed by atoms with Gasteiger partial charge < -0.3 is 24.0 Å². The van der Waals surface area contributed by atoms with Crippen molar-refractivity contribution >= 4 is 17.4 Å². The largest absolute Gasteiger partial charge is 0.496 e. The number of carbonyl (C=O) groups excluding carboxylic acids is 1. The number of amides is 1. The zero-order valence-electron chi connectivity index (χ0n) is 18.7. The molecule has 0 bridgehead atoms. The molecule has 5 rings (SSSR count). The van der Waals surface area contributed by atoms with E-state index in [1.807, 2.05) is 65.6 Å². The van der Waals surface area contributed by atoms with Gasteiger partial charge in [0.25, 0.3) is 5.91 Å². The van der Waals surface area contributed by atoms with Crippen molar-refractivity contribution in [3.05, 3.63) is 77.9 Å². The van der Waals surface area contributed by atoms with Crippen molar-refractivity contribution in [2.24, 2.45) is 4.99 Å². The molecule has 3 aromatic carbocycles. The second-order valence-electron chi connectivity index (χ2n) is 7.82. The second kappa shape index (κ2) is 8.86. The first-order valence-electron chi connectivity index (χ1n) is 10.9. The molecule has 0 unspecified atom stereocenters. The van der Waals surface area contributed by atoms with Gasteiger partial charge >= 0.3 is 0 Å². The van der Waals surface area contributed by atoms with Crippen molar-refractivity contribution in [1.82, 2.24) is 9.80 Å². The molecule has 2 heterocycles. The minimum Gasteiger partial charge on any atom is -0.496 e. The minimum absolute atomic E-state index is 0.0225. The van der Waals surface area contributed by atoms with Gasteiger partial charge in [0, 0.05) is 26.2 Å². The Hall–Kier alpha value is -4.00. The fraction of sp³-hybridized carbons (Fsp3) is 0.231. The van der Waals surface area contributed by atoms with E-state index in [-0.39, 0.29) is 5.91 Å². The number of ether oxygens (including phenoxy) is 3. The molecular weight excluding hydrogens is 418 g/mol. The summed E-state index contributed by atoms with van der Waals surface area (Å²) in [6.07, 6.45) is 0. The van der Waals surface area contributed by atoms with Gasteiger partial charge in [-0.25, -0.2) is 4.99 Å². The molecule has 0 spiro atoms. The van der Waals surface area contributed by atoms with Crippen LogP contribution in [0.15, 0.2) is 71.7 Å². The van der Waals surface area contributed by atoms with E-state index in [0.29, 0.717) is 54.7 Å². The maximum absolute atomic E-state index is 13.1. The molecule has 2 aliphatic heterocycles. The highest BCUT2D eigenvalue weighted by Crippen LogP contribution is 2.42. The van der Waals surface area contributed by atoms with Gasteiger partial charge in [0.2, 0.25) is 0 Å². The summed E-state index contributed by atoms with van der Waals surface area (Å²) >= 11 is 0. The molecule has 0 atom stereocenters. The molecule has 3 aromatic rings. The normalized spacial score (nSPS) is 14.9. The Morgan fingerprint density at radius 3 is 2.33 bits per heavy atom. The van der Waals surface area contributed by atoms with Gasteiger partial charge in [-0.15, -0.1) is 0 Å². The van der Waals surface area contributed by atoms with Gasteiger partial charge in [0.1, 0.15) is 17.3 Å². The van der Waals surface area contributed by atoms with Gasteiger partial charge in [-0.2, -0.15) is 0 Å². The third-order valence-electron chi connectivity index (χ3n) is 5.95.